The van der Waals surface area contributed by atoms with Crippen molar-refractivity contribution in [2.24, 2.45) is 0 Å². The van der Waals surface area contributed by atoms with Gasteiger partial charge in [-0.05, 0) is 60.0 Å². The lowest BCUT2D eigenvalue weighted by molar-refractivity contribution is -0.124. The van der Waals surface area contributed by atoms with Gasteiger partial charge >= 0.3 is 5.97 Å². The Morgan fingerprint density at radius 3 is 2.34 bits per heavy atom. The number of ether oxygens (including phenoxy) is 3. The van der Waals surface area contributed by atoms with Crippen molar-refractivity contribution < 1.29 is 19.0 Å². The molecule has 0 amide bonds. The van der Waals surface area contributed by atoms with E-state index in [1.165, 1.54) is 7.11 Å². The quantitative estimate of drug-likeness (QED) is 0.269. The summed E-state index contributed by atoms with van der Waals surface area (Å²) in [7, 11) is 3.01. The number of carbonyl (C=O) groups is 1. The summed E-state index contributed by atoms with van der Waals surface area (Å²) in [6.45, 7) is 2.54. The third-order valence-electron chi connectivity index (χ3n) is 4.86. The predicted molar refractivity (Wildman–Crippen MR) is 127 cm³/mol. The molecule has 1 unspecified atom stereocenters. The fourth-order valence-corrected chi connectivity index (χ4v) is 3.24. The highest BCUT2D eigenvalue weighted by Crippen LogP contribution is 2.27. The van der Waals surface area contributed by atoms with Crippen LogP contribution in [0.2, 0.25) is 0 Å². The molecule has 32 heavy (non-hydrogen) atoms. The molecule has 3 rings (SSSR count). The molecule has 0 radical (unpaired) electrons. The number of benzene rings is 3. The summed E-state index contributed by atoms with van der Waals surface area (Å²) < 4.78 is 15.7. The number of hydrogen-bond donors (Lipinski definition) is 0. The van der Waals surface area contributed by atoms with Crippen LogP contribution >= 0.6 is 0 Å². The maximum absolute atomic E-state index is 11.5. The monoisotopic (exact) mass is 426 g/mol. The van der Waals surface area contributed by atoms with Gasteiger partial charge in [-0.1, -0.05) is 60.4 Å². The summed E-state index contributed by atoms with van der Waals surface area (Å²) in [5, 5.41) is 0. The van der Waals surface area contributed by atoms with E-state index in [4.69, 9.17) is 14.2 Å². The summed E-state index contributed by atoms with van der Waals surface area (Å²) in [4.78, 5) is 11.5. The van der Waals surface area contributed by atoms with Crippen LogP contribution in [0.15, 0.2) is 78.9 Å². The molecule has 162 valence electrons. The second-order valence-corrected chi connectivity index (χ2v) is 6.90. The highest BCUT2D eigenvalue weighted by Gasteiger charge is 2.10. The van der Waals surface area contributed by atoms with Crippen LogP contribution in [0.3, 0.4) is 0 Å². The van der Waals surface area contributed by atoms with E-state index in [1.807, 2.05) is 43.3 Å². The van der Waals surface area contributed by atoms with Gasteiger partial charge in [0, 0.05) is 24.8 Å². The van der Waals surface area contributed by atoms with Crippen molar-refractivity contribution in [3.05, 3.63) is 101 Å². The lowest BCUT2D eigenvalue weighted by Crippen LogP contribution is -2.06. The average molecular weight is 427 g/mol. The number of rotatable bonds is 7. The lowest BCUT2D eigenvalue weighted by Gasteiger charge is -2.16. The molecular formula is C28H26O4. The Morgan fingerprint density at radius 2 is 1.69 bits per heavy atom. The second-order valence-electron chi connectivity index (χ2n) is 6.90. The molecule has 0 saturated carbocycles. The molecule has 0 N–H and O–H groups in total. The third kappa shape index (κ3) is 5.95. The van der Waals surface area contributed by atoms with E-state index in [-0.39, 0.29) is 12.3 Å². The van der Waals surface area contributed by atoms with Crippen molar-refractivity contribution in [2.75, 3.05) is 20.8 Å². The first kappa shape index (κ1) is 23.0. The van der Waals surface area contributed by atoms with Gasteiger partial charge in [0.1, 0.15) is 0 Å². The van der Waals surface area contributed by atoms with Crippen LogP contribution in [0.4, 0.5) is 0 Å². The minimum atomic E-state index is -0.360. The van der Waals surface area contributed by atoms with Crippen LogP contribution in [0, 0.1) is 11.8 Å². The van der Waals surface area contributed by atoms with E-state index in [1.54, 1.807) is 31.4 Å². The van der Waals surface area contributed by atoms with Gasteiger partial charge in [-0.25, -0.2) is 4.79 Å². The maximum Gasteiger partial charge on any atom is 0.337 e. The van der Waals surface area contributed by atoms with Gasteiger partial charge in [0.2, 0.25) is 0 Å². The average Bonchev–Trinajstić information content (AvgIpc) is 2.85. The molecule has 0 fully saturated rings. The molecule has 4 nitrogen and oxygen atoms in total. The molecule has 3 aromatic carbocycles. The van der Waals surface area contributed by atoms with E-state index in [9.17, 15) is 4.79 Å². The molecule has 0 aliphatic carbocycles. The van der Waals surface area contributed by atoms with Gasteiger partial charge in [0.05, 0.1) is 12.7 Å². The van der Waals surface area contributed by atoms with Gasteiger partial charge in [0.15, 0.2) is 6.29 Å². The van der Waals surface area contributed by atoms with E-state index in [0.29, 0.717) is 12.2 Å². The summed E-state index contributed by atoms with van der Waals surface area (Å²) in [6.07, 6.45) is 3.47. The first-order valence-corrected chi connectivity index (χ1v) is 10.4. The van der Waals surface area contributed by atoms with Crippen LogP contribution in [-0.2, 0) is 14.2 Å². The number of carbonyl (C=O) groups excluding carboxylic acids is 1. The Hall–Kier alpha value is -3.65. The van der Waals surface area contributed by atoms with Gasteiger partial charge in [-0.15, -0.1) is 0 Å². The Balaban J connectivity index is 1.75. The predicted octanol–water partition coefficient (Wildman–Crippen LogP) is 5.89. The van der Waals surface area contributed by atoms with Crippen molar-refractivity contribution in [3.63, 3.8) is 0 Å². The SMILES string of the molecule is CCOC(OC)c1ccc(-c2ccccc2C=CC#Cc2ccc(C(=O)OC)cc2)cc1. The van der Waals surface area contributed by atoms with E-state index in [0.717, 1.165) is 27.8 Å². The highest BCUT2D eigenvalue weighted by atomic mass is 16.7. The van der Waals surface area contributed by atoms with Crippen LogP contribution in [0.25, 0.3) is 17.2 Å². The zero-order chi connectivity index (χ0) is 22.8. The Bertz CT molecular complexity index is 1120. The summed E-state index contributed by atoms with van der Waals surface area (Å²) in [5.41, 5.74) is 5.61. The summed E-state index contributed by atoms with van der Waals surface area (Å²) in [5.74, 6) is 5.78. The van der Waals surface area contributed by atoms with Crippen molar-refractivity contribution in [3.8, 4) is 23.0 Å². The van der Waals surface area contributed by atoms with Crippen LogP contribution in [-0.4, -0.2) is 26.8 Å². The Labute approximate surface area is 189 Å². The normalized spacial score (nSPS) is 11.6. The van der Waals surface area contributed by atoms with Crippen LogP contribution in [0.1, 0.15) is 40.3 Å². The fraction of sp³-hybridized carbons (Fsp3) is 0.179. The van der Waals surface area contributed by atoms with E-state index in [2.05, 4.69) is 36.1 Å². The zero-order valence-corrected chi connectivity index (χ0v) is 18.5. The summed E-state index contributed by atoms with van der Waals surface area (Å²) >= 11 is 0. The minimum Gasteiger partial charge on any atom is -0.465 e. The maximum atomic E-state index is 11.5. The third-order valence-corrected chi connectivity index (χ3v) is 4.86. The van der Waals surface area contributed by atoms with Gasteiger partial charge in [-0.3, -0.25) is 0 Å². The molecule has 0 aliphatic rings. The molecule has 4 heteroatoms. The van der Waals surface area contributed by atoms with Crippen molar-refractivity contribution in [1.82, 2.24) is 0 Å². The largest absolute Gasteiger partial charge is 0.465 e. The van der Waals surface area contributed by atoms with Crippen molar-refractivity contribution in [2.45, 2.75) is 13.2 Å². The zero-order valence-electron chi connectivity index (χ0n) is 18.5. The number of esters is 1. The van der Waals surface area contributed by atoms with Crippen molar-refractivity contribution >= 4 is 12.0 Å². The smallest absolute Gasteiger partial charge is 0.337 e. The number of methoxy groups -OCH3 is 2. The molecule has 1 atom stereocenters. The Morgan fingerprint density at radius 1 is 0.969 bits per heavy atom. The first-order chi connectivity index (χ1) is 15.7. The Kier molecular flexibility index (Phi) is 8.39. The standard InChI is InChI=1S/C28H26O4/c1-4-32-28(31-3)25-19-17-23(18-20-25)26-12-8-7-11-22(26)10-6-5-9-21-13-15-24(16-14-21)27(29)30-2/h6-8,10-20,28H,4H2,1-3H3. The molecule has 0 heterocycles. The number of allylic oxidation sites excluding steroid dienone is 1. The molecule has 0 spiro atoms. The topological polar surface area (TPSA) is 44.8 Å². The van der Waals surface area contributed by atoms with Crippen LogP contribution in [0.5, 0.6) is 0 Å². The first-order valence-electron chi connectivity index (χ1n) is 10.4. The number of hydrogen-bond acceptors (Lipinski definition) is 4. The van der Waals surface area contributed by atoms with Gasteiger partial charge in [-0.2, -0.15) is 0 Å². The van der Waals surface area contributed by atoms with Gasteiger partial charge in [0.25, 0.3) is 0 Å². The molecule has 3 aromatic rings. The molecule has 0 aliphatic heterocycles. The highest BCUT2D eigenvalue weighted by molar-refractivity contribution is 5.89. The summed E-state index contributed by atoms with van der Waals surface area (Å²) in [6, 6.07) is 23.4. The van der Waals surface area contributed by atoms with E-state index >= 15 is 0 Å². The fourth-order valence-electron chi connectivity index (χ4n) is 3.24. The van der Waals surface area contributed by atoms with Crippen molar-refractivity contribution in [1.29, 1.82) is 0 Å². The van der Waals surface area contributed by atoms with E-state index < -0.39 is 0 Å². The molecule has 0 saturated heterocycles. The molecular weight excluding hydrogens is 400 g/mol. The second kappa shape index (κ2) is 11.7. The molecule has 0 bridgehead atoms. The minimum absolute atomic E-state index is 0.357. The van der Waals surface area contributed by atoms with Crippen LogP contribution < -0.4 is 0 Å². The van der Waals surface area contributed by atoms with Gasteiger partial charge < -0.3 is 14.2 Å². The molecule has 0 aromatic heterocycles. The lowest BCUT2D eigenvalue weighted by atomic mass is 9.98.